The summed E-state index contributed by atoms with van der Waals surface area (Å²) in [5.41, 5.74) is -1.19. The summed E-state index contributed by atoms with van der Waals surface area (Å²) in [6.45, 7) is 0. The first-order valence-electron chi connectivity index (χ1n) is 6.07. The molecule has 0 aliphatic carbocycles. The Morgan fingerprint density at radius 1 is 1.27 bits per heavy atom. The molecule has 0 saturated carbocycles. The molecule has 3 rings (SSSR count). The fraction of sp³-hybridized carbons (Fsp3) is 0.0769. The summed E-state index contributed by atoms with van der Waals surface area (Å²) in [6.07, 6.45) is 0.969. The number of rotatable bonds is 2. The van der Waals surface area contributed by atoms with Crippen molar-refractivity contribution in [2.75, 3.05) is 0 Å². The van der Waals surface area contributed by atoms with E-state index in [2.05, 4.69) is 0 Å². The summed E-state index contributed by atoms with van der Waals surface area (Å²) >= 11 is 1.01. The summed E-state index contributed by atoms with van der Waals surface area (Å²) in [7, 11) is 1.63. The predicted molar refractivity (Wildman–Crippen MR) is 80.2 cm³/mol. The number of nitrogens with one attached hydrogen (secondary N) is 1. The van der Waals surface area contributed by atoms with Gasteiger partial charge in [0.25, 0.3) is 5.56 Å². The summed E-state index contributed by atoms with van der Waals surface area (Å²) in [4.78, 5) is 47.7. The number of carbonyl (C=O) groups is 1. The normalized spacial score (nSPS) is 11.0. The minimum absolute atomic E-state index is 0.146. The Hall–Kier alpha value is -2.94. The van der Waals surface area contributed by atoms with Gasteiger partial charge in [0.15, 0.2) is 0 Å². The van der Waals surface area contributed by atoms with Crippen LogP contribution in [0.4, 0.5) is 0 Å². The zero-order valence-corrected chi connectivity index (χ0v) is 12.0. The van der Waals surface area contributed by atoms with Crippen LogP contribution in [-0.2, 0) is 7.05 Å². The number of fused-ring (bicyclic) bond motifs is 1. The Labute approximate surface area is 125 Å². The highest BCUT2D eigenvalue weighted by atomic mass is 32.1. The van der Waals surface area contributed by atoms with E-state index in [0.29, 0.717) is 15.9 Å². The third-order valence-corrected chi connectivity index (χ3v) is 4.22. The van der Waals surface area contributed by atoms with Crippen molar-refractivity contribution < 1.29 is 9.90 Å². The number of nitrogens with zero attached hydrogens (tertiary/aromatic N) is 2. The zero-order valence-electron chi connectivity index (χ0n) is 11.2. The summed E-state index contributed by atoms with van der Waals surface area (Å²) in [5, 5.41) is 8.96. The van der Waals surface area contributed by atoms with Crippen LogP contribution in [0, 0.1) is 0 Å². The SMILES string of the molecule is Cn1c(=O)sc2cc(-n3cc(C(=O)O)c(=O)[nH]c3=O)ccc21. The van der Waals surface area contributed by atoms with Gasteiger partial charge < -0.3 is 9.67 Å². The monoisotopic (exact) mass is 319 g/mol. The van der Waals surface area contributed by atoms with Crippen LogP contribution in [0.2, 0.25) is 0 Å². The number of aromatic nitrogens is 3. The third-order valence-electron chi connectivity index (χ3n) is 3.23. The van der Waals surface area contributed by atoms with Gasteiger partial charge in [0.05, 0.1) is 15.9 Å². The van der Waals surface area contributed by atoms with Gasteiger partial charge in [0, 0.05) is 13.2 Å². The molecule has 0 fully saturated rings. The average molecular weight is 319 g/mol. The molecular weight excluding hydrogens is 310 g/mol. The molecule has 0 radical (unpaired) electrons. The zero-order chi connectivity index (χ0) is 16.0. The van der Waals surface area contributed by atoms with E-state index < -0.39 is 22.8 Å². The maximum atomic E-state index is 11.9. The highest BCUT2D eigenvalue weighted by Gasteiger charge is 2.13. The van der Waals surface area contributed by atoms with E-state index in [1.807, 2.05) is 4.98 Å². The molecule has 0 unspecified atom stereocenters. The molecule has 2 aromatic heterocycles. The number of thiazole rings is 1. The van der Waals surface area contributed by atoms with Crippen molar-refractivity contribution in [3.63, 3.8) is 0 Å². The van der Waals surface area contributed by atoms with Crippen molar-refractivity contribution in [3.8, 4) is 5.69 Å². The Kier molecular flexibility index (Phi) is 3.06. The van der Waals surface area contributed by atoms with Gasteiger partial charge in [0.1, 0.15) is 5.56 Å². The molecule has 3 aromatic rings. The summed E-state index contributed by atoms with van der Waals surface area (Å²) in [6, 6.07) is 4.81. The number of H-pyrrole nitrogens is 1. The van der Waals surface area contributed by atoms with E-state index in [0.717, 1.165) is 22.1 Å². The molecular formula is C13H9N3O5S. The van der Waals surface area contributed by atoms with E-state index in [1.54, 1.807) is 25.2 Å². The minimum Gasteiger partial charge on any atom is -0.477 e. The molecule has 0 spiro atoms. The second-order valence-corrected chi connectivity index (χ2v) is 5.55. The largest absolute Gasteiger partial charge is 0.477 e. The van der Waals surface area contributed by atoms with Crippen LogP contribution in [0.5, 0.6) is 0 Å². The summed E-state index contributed by atoms with van der Waals surface area (Å²) < 4.78 is 3.15. The first-order chi connectivity index (χ1) is 10.4. The van der Waals surface area contributed by atoms with Crippen molar-refractivity contribution >= 4 is 27.5 Å². The van der Waals surface area contributed by atoms with Gasteiger partial charge in [-0.2, -0.15) is 0 Å². The molecule has 1 aromatic carbocycles. The fourth-order valence-corrected chi connectivity index (χ4v) is 3.00. The fourth-order valence-electron chi connectivity index (χ4n) is 2.09. The van der Waals surface area contributed by atoms with Crippen LogP contribution in [0.3, 0.4) is 0 Å². The molecule has 0 atom stereocenters. The number of hydrogen-bond donors (Lipinski definition) is 2. The highest BCUT2D eigenvalue weighted by Crippen LogP contribution is 2.19. The smallest absolute Gasteiger partial charge is 0.342 e. The second kappa shape index (κ2) is 4.81. The lowest BCUT2D eigenvalue weighted by molar-refractivity contribution is 0.0694. The van der Waals surface area contributed by atoms with Crippen molar-refractivity contribution in [1.29, 1.82) is 0 Å². The van der Waals surface area contributed by atoms with Gasteiger partial charge in [-0.05, 0) is 18.2 Å². The molecule has 22 heavy (non-hydrogen) atoms. The van der Waals surface area contributed by atoms with Crippen LogP contribution in [0.25, 0.3) is 15.9 Å². The first kappa shape index (κ1) is 14.0. The number of carboxylic acids is 1. The van der Waals surface area contributed by atoms with Crippen LogP contribution in [0.15, 0.2) is 38.8 Å². The lowest BCUT2D eigenvalue weighted by Gasteiger charge is -2.06. The van der Waals surface area contributed by atoms with Crippen molar-refractivity contribution in [2.24, 2.45) is 7.05 Å². The number of aromatic amines is 1. The Balaban J connectivity index is 2.29. The Bertz CT molecular complexity index is 1090. The van der Waals surface area contributed by atoms with Crippen LogP contribution in [-0.4, -0.2) is 25.2 Å². The Morgan fingerprint density at radius 2 is 2.00 bits per heavy atom. The highest BCUT2D eigenvalue weighted by molar-refractivity contribution is 7.16. The topological polar surface area (TPSA) is 114 Å². The molecule has 0 amide bonds. The summed E-state index contributed by atoms with van der Waals surface area (Å²) in [5.74, 6) is -1.43. The lowest BCUT2D eigenvalue weighted by atomic mass is 10.2. The molecule has 2 heterocycles. The molecule has 2 N–H and O–H groups in total. The van der Waals surface area contributed by atoms with Gasteiger partial charge >= 0.3 is 16.5 Å². The van der Waals surface area contributed by atoms with Gasteiger partial charge in [-0.15, -0.1) is 0 Å². The number of aryl methyl sites for hydroxylation is 1. The lowest BCUT2D eigenvalue weighted by Crippen LogP contribution is -2.32. The van der Waals surface area contributed by atoms with E-state index in [-0.39, 0.29) is 4.87 Å². The molecule has 0 aliphatic heterocycles. The maximum Gasteiger partial charge on any atom is 0.342 e. The minimum atomic E-state index is -1.43. The molecule has 0 bridgehead atoms. The number of benzene rings is 1. The molecule has 0 aliphatic rings. The molecule has 9 heteroatoms. The third kappa shape index (κ3) is 2.07. The molecule has 0 saturated heterocycles. The number of carboxylic acid groups (broad SMARTS) is 1. The van der Waals surface area contributed by atoms with Gasteiger partial charge in [-0.3, -0.25) is 19.1 Å². The van der Waals surface area contributed by atoms with E-state index in [1.165, 1.54) is 4.57 Å². The van der Waals surface area contributed by atoms with Gasteiger partial charge in [-0.25, -0.2) is 9.59 Å². The number of hydrogen-bond acceptors (Lipinski definition) is 5. The molecule has 112 valence electrons. The van der Waals surface area contributed by atoms with Crippen LogP contribution >= 0.6 is 11.3 Å². The number of aromatic carboxylic acids is 1. The van der Waals surface area contributed by atoms with Crippen molar-refractivity contribution in [2.45, 2.75) is 0 Å². The van der Waals surface area contributed by atoms with E-state index in [4.69, 9.17) is 5.11 Å². The second-order valence-electron chi connectivity index (χ2n) is 4.56. The first-order valence-corrected chi connectivity index (χ1v) is 6.89. The van der Waals surface area contributed by atoms with E-state index >= 15 is 0 Å². The van der Waals surface area contributed by atoms with E-state index in [9.17, 15) is 19.2 Å². The maximum absolute atomic E-state index is 11.9. The molecule has 8 nitrogen and oxygen atoms in total. The quantitative estimate of drug-likeness (QED) is 0.697. The van der Waals surface area contributed by atoms with Crippen molar-refractivity contribution in [1.82, 2.24) is 14.1 Å². The van der Waals surface area contributed by atoms with Gasteiger partial charge in [-0.1, -0.05) is 11.3 Å². The van der Waals surface area contributed by atoms with Crippen LogP contribution < -0.4 is 16.1 Å². The van der Waals surface area contributed by atoms with Gasteiger partial charge in [0.2, 0.25) is 0 Å². The predicted octanol–water partition coefficient (Wildman–Crippen LogP) is 0.137. The standard InChI is InChI=1S/C13H9N3O5S/c1-15-8-3-2-6(4-9(8)22-13(15)21)16-5-7(11(18)19)10(17)14-12(16)20/h2-5H,1H3,(H,18,19)(H,14,17,20). The van der Waals surface area contributed by atoms with Crippen molar-refractivity contribution in [3.05, 3.63) is 60.5 Å². The average Bonchev–Trinajstić information content (AvgIpc) is 2.73. The Morgan fingerprint density at radius 3 is 2.68 bits per heavy atom. The van der Waals surface area contributed by atoms with Crippen LogP contribution in [0.1, 0.15) is 10.4 Å².